The van der Waals surface area contributed by atoms with Gasteiger partial charge in [0.25, 0.3) is 0 Å². The first-order valence-electron chi connectivity index (χ1n) is 11.8. The minimum absolute atomic E-state index is 0.153. The molecule has 0 saturated carbocycles. The van der Waals surface area contributed by atoms with E-state index in [4.69, 9.17) is 9.47 Å². The molecule has 2 atom stereocenters. The smallest absolute Gasteiger partial charge is 0.416 e. The number of nitrogens with one attached hydrogen (secondary N) is 2. The number of halogens is 3. The molecule has 0 heterocycles. The highest BCUT2D eigenvalue weighted by atomic mass is 19.4. The number of esters is 1. The third-order valence-corrected chi connectivity index (χ3v) is 5.25. The Bertz CT molecular complexity index is 1080. The van der Waals surface area contributed by atoms with E-state index in [1.807, 2.05) is 13.6 Å². The third kappa shape index (κ3) is 9.15. The molecule has 2 amide bonds. The average Bonchev–Trinajstić information content (AvgIpc) is 2.79. The number of carbonyl (C=O) groups excluding carboxylic acids is 3. The third-order valence-electron chi connectivity index (χ3n) is 5.25. The molecule has 2 aromatic rings. The van der Waals surface area contributed by atoms with Crippen LogP contribution in [0.25, 0.3) is 0 Å². The summed E-state index contributed by atoms with van der Waals surface area (Å²) < 4.78 is 49.2. The lowest BCUT2D eigenvalue weighted by atomic mass is 9.50. The Labute approximate surface area is 215 Å². The molecule has 2 N–H and O–H groups in total. The van der Waals surface area contributed by atoms with Crippen LogP contribution in [0, 0.1) is 0 Å². The number of alkyl carbamates (subject to hydrolysis) is 1. The Balaban J connectivity index is 2.37. The Kier molecular flexibility index (Phi) is 9.77. The van der Waals surface area contributed by atoms with Crippen LogP contribution in [-0.2, 0) is 20.4 Å². The second-order valence-corrected chi connectivity index (χ2v) is 10.0. The van der Waals surface area contributed by atoms with Crippen molar-refractivity contribution < 1.29 is 37.0 Å². The van der Waals surface area contributed by atoms with Gasteiger partial charge in [0, 0.05) is 6.04 Å². The van der Waals surface area contributed by atoms with Gasteiger partial charge >= 0.3 is 18.2 Å². The summed E-state index contributed by atoms with van der Waals surface area (Å²) in [6.45, 7) is 9.04. The summed E-state index contributed by atoms with van der Waals surface area (Å²) in [4.78, 5) is 37.7. The van der Waals surface area contributed by atoms with Crippen molar-refractivity contribution in [2.45, 2.75) is 64.6 Å². The van der Waals surface area contributed by atoms with Crippen LogP contribution in [0.4, 0.5) is 18.0 Å². The van der Waals surface area contributed by atoms with E-state index in [1.54, 1.807) is 45.0 Å². The molecule has 0 aromatic heterocycles. The van der Waals surface area contributed by atoms with Gasteiger partial charge in [-0.25, -0.2) is 9.59 Å². The second kappa shape index (κ2) is 12.2. The van der Waals surface area contributed by atoms with Gasteiger partial charge in [-0.3, -0.25) is 4.79 Å². The highest BCUT2D eigenvalue weighted by molar-refractivity contribution is 6.55. The van der Waals surface area contributed by atoms with Crippen molar-refractivity contribution in [3.05, 3.63) is 70.8 Å². The molecule has 200 valence electrons. The summed E-state index contributed by atoms with van der Waals surface area (Å²) in [7, 11) is 1.27. The van der Waals surface area contributed by atoms with Crippen LogP contribution in [-0.4, -0.2) is 37.4 Å². The fourth-order valence-electron chi connectivity index (χ4n) is 3.56. The fourth-order valence-corrected chi connectivity index (χ4v) is 3.56. The van der Waals surface area contributed by atoms with E-state index >= 15 is 0 Å². The average molecular weight is 520 g/mol. The summed E-state index contributed by atoms with van der Waals surface area (Å²) >= 11 is 0. The monoisotopic (exact) mass is 520 g/mol. The number of hydrogen-bond donors (Lipinski definition) is 2. The molecule has 11 heteroatoms. The van der Waals surface area contributed by atoms with Crippen LogP contribution in [0.2, 0.25) is 20.0 Å². The van der Waals surface area contributed by atoms with E-state index in [0.29, 0.717) is 17.4 Å². The van der Waals surface area contributed by atoms with Crippen LogP contribution >= 0.6 is 0 Å². The number of carbonyl (C=O) groups is 3. The maximum absolute atomic E-state index is 13.4. The van der Waals surface area contributed by atoms with E-state index < -0.39 is 47.4 Å². The maximum atomic E-state index is 13.4. The lowest BCUT2D eigenvalue weighted by Gasteiger charge is -2.26. The molecule has 7 nitrogen and oxygen atoms in total. The predicted molar refractivity (Wildman–Crippen MR) is 135 cm³/mol. The molecule has 37 heavy (non-hydrogen) atoms. The first-order chi connectivity index (χ1) is 17.1. The summed E-state index contributed by atoms with van der Waals surface area (Å²) in [5.74, 6) is -1.13. The van der Waals surface area contributed by atoms with Crippen LogP contribution in [0.1, 0.15) is 59.9 Å². The highest BCUT2D eigenvalue weighted by Crippen LogP contribution is 2.30. The van der Waals surface area contributed by atoms with Gasteiger partial charge in [0.2, 0.25) is 5.91 Å². The van der Waals surface area contributed by atoms with E-state index in [-0.39, 0.29) is 12.3 Å². The molecule has 0 bridgehead atoms. The molecule has 0 saturated heterocycles. The van der Waals surface area contributed by atoms with Gasteiger partial charge in [-0.05, 0) is 56.2 Å². The van der Waals surface area contributed by atoms with E-state index in [9.17, 15) is 27.6 Å². The molecule has 0 spiro atoms. The van der Waals surface area contributed by atoms with Gasteiger partial charge in [-0.1, -0.05) is 44.2 Å². The zero-order chi connectivity index (χ0) is 28.0. The molecular formula is C26H32BF3N2O5. The van der Waals surface area contributed by atoms with Gasteiger partial charge < -0.3 is 20.1 Å². The number of rotatable bonds is 8. The molecule has 0 aliphatic heterocycles. The van der Waals surface area contributed by atoms with Gasteiger partial charge in [-0.2, -0.15) is 13.2 Å². The van der Waals surface area contributed by atoms with Crippen LogP contribution < -0.4 is 10.6 Å². The Morgan fingerprint density at radius 3 is 1.89 bits per heavy atom. The first kappa shape index (κ1) is 29.7. The first-order valence-corrected chi connectivity index (χ1v) is 11.8. The van der Waals surface area contributed by atoms with Crippen molar-refractivity contribution in [1.29, 1.82) is 0 Å². The largest absolute Gasteiger partial charge is 0.465 e. The molecule has 2 unspecified atom stereocenters. The number of ether oxygens (including phenoxy) is 2. The van der Waals surface area contributed by atoms with Crippen molar-refractivity contribution in [2.24, 2.45) is 0 Å². The lowest BCUT2D eigenvalue weighted by molar-refractivity contribution is -0.137. The minimum Gasteiger partial charge on any atom is -0.465 e. The van der Waals surface area contributed by atoms with Crippen LogP contribution in [0.5, 0.6) is 0 Å². The minimum atomic E-state index is -4.55. The summed E-state index contributed by atoms with van der Waals surface area (Å²) in [6.07, 6.45) is -4.92. The standard InChI is InChI=1S/C26H32BF3N2O5/c1-25(2,3)37-24(35)32-21(17-11-13-19(14-12-17)26(28,29)30)22(33)31-20(15-27(4)5)16-7-9-18(10-8-16)23(34)36-6/h7-14,20-21H,15H2,1-6H3,(H,31,33)(H,32,35). The maximum Gasteiger partial charge on any atom is 0.416 e. The Hall–Kier alpha value is -3.50. The molecule has 0 radical (unpaired) electrons. The quantitative estimate of drug-likeness (QED) is 0.346. The van der Waals surface area contributed by atoms with Crippen molar-refractivity contribution in [2.75, 3.05) is 7.11 Å². The van der Waals surface area contributed by atoms with Crippen LogP contribution in [0.15, 0.2) is 48.5 Å². The number of methoxy groups -OCH3 is 1. The van der Waals surface area contributed by atoms with Crippen LogP contribution in [0.3, 0.4) is 0 Å². The summed E-state index contributed by atoms with van der Waals surface area (Å²) in [5, 5.41) is 5.37. The zero-order valence-electron chi connectivity index (χ0n) is 21.7. The van der Waals surface area contributed by atoms with Gasteiger partial charge in [0.1, 0.15) is 18.4 Å². The molecule has 0 aliphatic rings. The summed E-state index contributed by atoms with van der Waals surface area (Å²) in [5.41, 5.74) is -0.530. The van der Waals surface area contributed by atoms with Crippen molar-refractivity contribution in [3.8, 4) is 0 Å². The Morgan fingerprint density at radius 2 is 1.43 bits per heavy atom. The predicted octanol–water partition coefficient (Wildman–Crippen LogP) is 5.67. The number of alkyl halides is 3. The van der Waals surface area contributed by atoms with Gasteiger partial charge in [0.05, 0.1) is 18.2 Å². The van der Waals surface area contributed by atoms with Crippen molar-refractivity contribution in [3.63, 3.8) is 0 Å². The van der Waals surface area contributed by atoms with E-state index in [0.717, 1.165) is 24.3 Å². The molecule has 2 rings (SSSR count). The summed E-state index contributed by atoms with van der Waals surface area (Å²) in [6, 6.07) is 8.70. The number of benzene rings is 2. The van der Waals surface area contributed by atoms with Gasteiger partial charge in [-0.15, -0.1) is 0 Å². The molecule has 0 fully saturated rings. The van der Waals surface area contributed by atoms with Crippen molar-refractivity contribution >= 4 is 24.7 Å². The van der Waals surface area contributed by atoms with E-state index in [2.05, 4.69) is 10.6 Å². The topological polar surface area (TPSA) is 93.7 Å². The molecular weight excluding hydrogens is 488 g/mol. The zero-order valence-corrected chi connectivity index (χ0v) is 21.7. The molecule has 2 aromatic carbocycles. The fraction of sp³-hybridized carbons (Fsp3) is 0.423. The number of hydrogen-bond acceptors (Lipinski definition) is 5. The Morgan fingerprint density at radius 1 is 0.892 bits per heavy atom. The molecule has 0 aliphatic carbocycles. The van der Waals surface area contributed by atoms with E-state index in [1.165, 1.54) is 7.11 Å². The lowest BCUT2D eigenvalue weighted by Crippen LogP contribution is -2.43. The number of amides is 2. The highest BCUT2D eigenvalue weighted by Gasteiger charge is 2.32. The normalized spacial score (nSPS) is 13.2. The van der Waals surface area contributed by atoms with Crippen molar-refractivity contribution in [1.82, 2.24) is 10.6 Å². The van der Waals surface area contributed by atoms with Gasteiger partial charge in [0.15, 0.2) is 0 Å². The SMILES string of the molecule is COC(=O)c1ccc(C(CB(C)C)NC(=O)C(NC(=O)OC(C)(C)C)c2ccc(C(F)(F)F)cc2)cc1. The second-order valence-electron chi connectivity index (χ2n) is 10.0.